The van der Waals surface area contributed by atoms with Crippen LogP contribution in [0.25, 0.3) is 0 Å². The average Bonchev–Trinajstić information content (AvgIpc) is 2.84. The minimum atomic E-state index is -0.0835. The average molecular weight is 303 g/mol. The number of hydrogen-bond donors (Lipinski definition) is 2. The molecule has 21 heavy (non-hydrogen) atoms. The van der Waals surface area contributed by atoms with Crippen LogP contribution in [0.2, 0.25) is 0 Å². The van der Waals surface area contributed by atoms with E-state index < -0.39 is 0 Å². The van der Waals surface area contributed by atoms with Gasteiger partial charge in [-0.2, -0.15) is 0 Å². The number of aromatic nitrogens is 1. The summed E-state index contributed by atoms with van der Waals surface area (Å²) in [5.74, 6) is -0.0835. The fourth-order valence-electron chi connectivity index (χ4n) is 2.17. The highest BCUT2D eigenvalue weighted by molar-refractivity contribution is 7.11. The first kappa shape index (κ1) is 15.5. The van der Waals surface area contributed by atoms with Crippen LogP contribution in [0.15, 0.2) is 30.6 Å². The third-order valence-electron chi connectivity index (χ3n) is 3.11. The molecule has 2 heterocycles. The van der Waals surface area contributed by atoms with Crippen LogP contribution in [-0.2, 0) is 6.42 Å². The number of thiophene rings is 1. The lowest BCUT2D eigenvalue weighted by Gasteiger charge is -2.15. The van der Waals surface area contributed by atoms with E-state index in [-0.39, 0.29) is 11.9 Å². The number of rotatable bonds is 6. The van der Waals surface area contributed by atoms with Gasteiger partial charge in [0.25, 0.3) is 5.91 Å². The molecule has 1 amide bonds. The molecule has 0 aliphatic carbocycles. The topological polar surface area (TPSA) is 54.0 Å². The van der Waals surface area contributed by atoms with E-state index in [9.17, 15) is 4.79 Å². The van der Waals surface area contributed by atoms with Crippen molar-refractivity contribution in [1.29, 1.82) is 0 Å². The van der Waals surface area contributed by atoms with E-state index in [0.29, 0.717) is 5.56 Å². The van der Waals surface area contributed by atoms with Gasteiger partial charge in [-0.3, -0.25) is 9.78 Å². The second kappa shape index (κ2) is 7.22. The van der Waals surface area contributed by atoms with Gasteiger partial charge in [0, 0.05) is 41.2 Å². The van der Waals surface area contributed by atoms with Crippen molar-refractivity contribution < 1.29 is 4.79 Å². The summed E-state index contributed by atoms with van der Waals surface area (Å²) in [5, 5.41) is 6.22. The molecule has 112 valence electrons. The minimum Gasteiger partial charge on any atom is -0.385 e. The van der Waals surface area contributed by atoms with Gasteiger partial charge in [-0.25, -0.2) is 0 Å². The number of amides is 1. The second-order valence-corrected chi connectivity index (χ2v) is 6.42. The highest BCUT2D eigenvalue weighted by Gasteiger charge is 2.14. The third-order valence-corrected chi connectivity index (χ3v) is 4.14. The largest absolute Gasteiger partial charge is 0.385 e. The normalized spacial score (nSPS) is 12.0. The zero-order valence-electron chi connectivity index (χ0n) is 12.6. The van der Waals surface area contributed by atoms with E-state index in [1.807, 2.05) is 19.9 Å². The Labute approximate surface area is 129 Å². The van der Waals surface area contributed by atoms with Crippen LogP contribution in [0.5, 0.6) is 0 Å². The Kier molecular flexibility index (Phi) is 5.33. The van der Waals surface area contributed by atoms with Crippen molar-refractivity contribution in [1.82, 2.24) is 10.3 Å². The molecule has 0 radical (unpaired) electrons. The zero-order valence-corrected chi connectivity index (χ0v) is 13.5. The van der Waals surface area contributed by atoms with Crippen LogP contribution < -0.4 is 10.6 Å². The Morgan fingerprint density at radius 1 is 1.38 bits per heavy atom. The van der Waals surface area contributed by atoms with Gasteiger partial charge in [0.1, 0.15) is 0 Å². The molecule has 2 N–H and O–H groups in total. The lowest BCUT2D eigenvalue weighted by atomic mass is 10.1. The number of carbonyl (C=O) groups excluding carboxylic acids is 1. The van der Waals surface area contributed by atoms with Crippen LogP contribution >= 0.6 is 11.3 Å². The Bertz CT molecular complexity index is 609. The van der Waals surface area contributed by atoms with Crippen molar-refractivity contribution >= 4 is 22.9 Å². The van der Waals surface area contributed by atoms with Gasteiger partial charge in [0.2, 0.25) is 0 Å². The van der Waals surface area contributed by atoms with Gasteiger partial charge in [-0.05, 0) is 39.0 Å². The van der Waals surface area contributed by atoms with E-state index in [4.69, 9.17) is 0 Å². The van der Waals surface area contributed by atoms with E-state index in [0.717, 1.165) is 18.7 Å². The lowest BCUT2D eigenvalue weighted by molar-refractivity contribution is 0.0940. The molecule has 2 aromatic rings. The van der Waals surface area contributed by atoms with Crippen LogP contribution in [0.4, 0.5) is 5.69 Å². The van der Waals surface area contributed by atoms with Crippen molar-refractivity contribution in [3.05, 3.63) is 45.9 Å². The van der Waals surface area contributed by atoms with Gasteiger partial charge >= 0.3 is 0 Å². The first-order valence-corrected chi connectivity index (χ1v) is 7.96. The fraction of sp³-hybridized carbons (Fsp3) is 0.375. The molecule has 1 unspecified atom stereocenters. The van der Waals surface area contributed by atoms with E-state index in [1.54, 1.807) is 23.7 Å². The predicted molar refractivity (Wildman–Crippen MR) is 88.1 cm³/mol. The molecular weight excluding hydrogens is 282 g/mol. The van der Waals surface area contributed by atoms with Gasteiger partial charge < -0.3 is 10.6 Å². The van der Waals surface area contributed by atoms with Gasteiger partial charge in [0.05, 0.1) is 11.3 Å². The maximum atomic E-state index is 12.4. The smallest absolute Gasteiger partial charge is 0.255 e. The predicted octanol–water partition coefficient (Wildman–Crippen LogP) is 3.24. The van der Waals surface area contributed by atoms with Crippen LogP contribution in [-0.4, -0.2) is 23.5 Å². The standard InChI is InChI=1S/C16H21N3OS/c1-4-18-15-7-8-17-10-14(15)16(20)19-11(2)9-13-6-5-12(3)21-13/h5-8,10-11H,4,9H2,1-3H3,(H,17,18)(H,19,20). The van der Waals surface area contributed by atoms with Crippen LogP contribution in [0.1, 0.15) is 34.0 Å². The highest BCUT2D eigenvalue weighted by atomic mass is 32.1. The quantitative estimate of drug-likeness (QED) is 0.861. The lowest BCUT2D eigenvalue weighted by Crippen LogP contribution is -2.34. The van der Waals surface area contributed by atoms with Crippen molar-refractivity contribution in [3.63, 3.8) is 0 Å². The number of pyridine rings is 1. The van der Waals surface area contributed by atoms with Gasteiger partial charge in [-0.15, -0.1) is 11.3 Å². The number of anilines is 1. The molecule has 0 spiro atoms. The Morgan fingerprint density at radius 2 is 2.19 bits per heavy atom. The fourth-order valence-corrected chi connectivity index (χ4v) is 3.19. The highest BCUT2D eigenvalue weighted by Crippen LogP contribution is 2.17. The number of carbonyl (C=O) groups is 1. The summed E-state index contributed by atoms with van der Waals surface area (Å²) < 4.78 is 0. The maximum absolute atomic E-state index is 12.4. The summed E-state index contributed by atoms with van der Waals surface area (Å²) in [6.07, 6.45) is 4.14. The third kappa shape index (κ3) is 4.29. The van der Waals surface area contributed by atoms with Crippen LogP contribution in [0.3, 0.4) is 0 Å². The van der Waals surface area contributed by atoms with Gasteiger partial charge in [-0.1, -0.05) is 0 Å². The molecular formula is C16H21N3OS. The Hall–Kier alpha value is -1.88. The summed E-state index contributed by atoms with van der Waals surface area (Å²) in [7, 11) is 0. The molecule has 0 saturated carbocycles. The van der Waals surface area contributed by atoms with Gasteiger partial charge in [0.15, 0.2) is 0 Å². The van der Waals surface area contributed by atoms with E-state index in [1.165, 1.54) is 9.75 Å². The molecule has 0 aliphatic heterocycles. The summed E-state index contributed by atoms with van der Waals surface area (Å²) in [6.45, 7) is 6.89. The summed E-state index contributed by atoms with van der Waals surface area (Å²) in [6, 6.07) is 6.15. The molecule has 4 nitrogen and oxygen atoms in total. The van der Waals surface area contributed by atoms with Crippen molar-refractivity contribution in [2.75, 3.05) is 11.9 Å². The summed E-state index contributed by atoms with van der Waals surface area (Å²) in [5.41, 5.74) is 1.41. The molecule has 0 saturated heterocycles. The second-order valence-electron chi connectivity index (χ2n) is 5.04. The zero-order chi connectivity index (χ0) is 15.2. The number of aryl methyl sites for hydroxylation is 1. The Balaban J connectivity index is 2.00. The monoisotopic (exact) mass is 303 g/mol. The minimum absolute atomic E-state index is 0.0835. The molecule has 1 atom stereocenters. The summed E-state index contributed by atoms with van der Waals surface area (Å²) >= 11 is 1.77. The molecule has 2 rings (SSSR count). The first-order valence-electron chi connectivity index (χ1n) is 7.14. The molecule has 0 bridgehead atoms. The van der Waals surface area contributed by atoms with E-state index in [2.05, 4.69) is 34.7 Å². The molecule has 0 aliphatic rings. The Morgan fingerprint density at radius 3 is 2.86 bits per heavy atom. The first-order chi connectivity index (χ1) is 10.1. The number of nitrogens with zero attached hydrogens (tertiary/aromatic N) is 1. The molecule has 0 fully saturated rings. The van der Waals surface area contributed by atoms with Crippen molar-refractivity contribution in [3.8, 4) is 0 Å². The maximum Gasteiger partial charge on any atom is 0.255 e. The molecule has 5 heteroatoms. The number of hydrogen-bond acceptors (Lipinski definition) is 4. The number of nitrogens with one attached hydrogen (secondary N) is 2. The van der Waals surface area contributed by atoms with Crippen molar-refractivity contribution in [2.24, 2.45) is 0 Å². The molecule has 2 aromatic heterocycles. The van der Waals surface area contributed by atoms with E-state index >= 15 is 0 Å². The van der Waals surface area contributed by atoms with Crippen LogP contribution in [0, 0.1) is 6.92 Å². The van der Waals surface area contributed by atoms with Crippen molar-refractivity contribution in [2.45, 2.75) is 33.2 Å². The summed E-state index contributed by atoms with van der Waals surface area (Å²) in [4.78, 5) is 19.0. The molecule has 0 aromatic carbocycles. The SMILES string of the molecule is CCNc1ccncc1C(=O)NC(C)Cc1ccc(C)s1.